The van der Waals surface area contributed by atoms with E-state index in [0.717, 1.165) is 36.2 Å². The molecule has 1 aromatic carbocycles. The Kier molecular flexibility index (Phi) is 6.87. The summed E-state index contributed by atoms with van der Waals surface area (Å²) in [5, 5.41) is 0. The molecule has 1 aliphatic carbocycles. The number of aryl methyl sites for hydroxylation is 1. The minimum absolute atomic E-state index is 0.204. The minimum Gasteiger partial charge on any atom is -0.465 e. The number of carbonyl (C=O) groups excluding carboxylic acids is 2. The van der Waals surface area contributed by atoms with Crippen molar-refractivity contribution in [2.24, 2.45) is 0 Å². The number of carbonyl (C=O) groups is 2. The molecule has 0 saturated carbocycles. The van der Waals surface area contributed by atoms with E-state index in [1.165, 1.54) is 31.6 Å². The molecule has 2 aliphatic rings. The van der Waals surface area contributed by atoms with Gasteiger partial charge in [0.25, 0.3) is 5.91 Å². The summed E-state index contributed by atoms with van der Waals surface area (Å²) in [5.74, 6) is -1.06. The summed E-state index contributed by atoms with van der Waals surface area (Å²) in [6.07, 6.45) is 9.37. The molecule has 6 heteroatoms. The topological polar surface area (TPSA) is 51.5 Å². The number of rotatable bonds is 6. The van der Waals surface area contributed by atoms with E-state index in [0.29, 0.717) is 29.1 Å². The number of hydrogen-bond donors (Lipinski definition) is 0. The van der Waals surface area contributed by atoms with Crippen molar-refractivity contribution in [3.05, 3.63) is 81.6 Å². The normalized spacial score (nSPS) is 17.6. The van der Waals surface area contributed by atoms with Crippen LogP contribution in [-0.4, -0.2) is 35.0 Å². The maximum Gasteiger partial charge on any atom is 0.340 e. The van der Waals surface area contributed by atoms with Gasteiger partial charge in [-0.25, -0.2) is 9.18 Å². The van der Waals surface area contributed by atoms with Crippen LogP contribution < -0.4 is 0 Å². The van der Waals surface area contributed by atoms with E-state index in [2.05, 4.69) is 6.08 Å². The Morgan fingerprint density at radius 3 is 2.62 bits per heavy atom. The highest BCUT2D eigenvalue weighted by atomic mass is 19.1. The van der Waals surface area contributed by atoms with Crippen LogP contribution in [0.15, 0.2) is 58.8 Å². The van der Waals surface area contributed by atoms with Crippen LogP contribution in [0.2, 0.25) is 0 Å². The van der Waals surface area contributed by atoms with E-state index in [1.807, 2.05) is 24.5 Å². The smallest absolute Gasteiger partial charge is 0.340 e. The number of methoxy groups -OCH3 is 1. The minimum atomic E-state index is -0.528. The fourth-order valence-corrected chi connectivity index (χ4v) is 4.98. The van der Waals surface area contributed by atoms with Crippen LogP contribution in [0.4, 0.5) is 4.39 Å². The molecule has 0 fully saturated rings. The summed E-state index contributed by atoms with van der Waals surface area (Å²) in [6, 6.07) is 8.49. The van der Waals surface area contributed by atoms with Gasteiger partial charge in [-0.2, -0.15) is 0 Å². The van der Waals surface area contributed by atoms with Crippen molar-refractivity contribution in [2.75, 3.05) is 13.7 Å². The van der Waals surface area contributed by atoms with Crippen LogP contribution >= 0.6 is 0 Å². The zero-order valence-corrected chi connectivity index (χ0v) is 20.3. The predicted octanol–water partition coefficient (Wildman–Crippen LogP) is 5.80. The highest BCUT2D eigenvalue weighted by Gasteiger charge is 2.37. The number of allylic oxidation sites excluding steroid dienone is 2. The molecule has 0 N–H and O–H groups in total. The van der Waals surface area contributed by atoms with Gasteiger partial charge in [0, 0.05) is 23.6 Å². The van der Waals surface area contributed by atoms with Crippen molar-refractivity contribution >= 4 is 18.0 Å². The van der Waals surface area contributed by atoms with Gasteiger partial charge < -0.3 is 14.2 Å². The average Bonchev–Trinajstić information content (AvgIpc) is 3.24. The summed E-state index contributed by atoms with van der Waals surface area (Å²) in [4.78, 5) is 27.8. The van der Waals surface area contributed by atoms with Crippen LogP contribution in [0.3, 0.4) is 0 Å². The third kappa shape index (κ3) is 4.37. The van der Waals surface area contributed by atoms with E-state index in [1.54, 1.807) is 36.1 Å². The number of aromatic nitrogens is 1. The second-order valence-corrected chi connectivity index (χ2v) is 8.94. The number of amides is 1. The third-order valence-corrected chi connectivity index (χ3v) is 6.81. The van der Waals surface area contributed by atoms with Crippen LogP contribution in [-0.2, 0) is 14.3 Å². The van der Waals surface area contributed by atoms with Crippen LogP contribution in [0.1, 0.15) is 56.0 Å². The molecule has 0 bridgehead atoms. The Balaban J connectivity index is 1.71. The monoisotopic (exact) mass is 462 g/mol. The molecule has 0 saturated heterocycles. The largest absolute Gasteiger partial charge is 0.465 e. The highest BCUT2D eigenvalue weighted by Crippen LogP contribution is 2.34. The first-order chi connectivity index (χ1) is 16.3. The summed E-state index contributed by atoms with van der Waals surface area (Å²) < 4.78 is 21.3. The lowest BCUT2D eigenvalue weighted by Crippen LogP contribution is -2.26. The summed E-state index contributed by atoms with van der Waals surface area (Å²) in [5.41, 5.74) is 5.42. The molecular weight excluding hydrogens is 431 g/mol. The number of benzene rings is 1. The molecule has 1 aromatic heterocycles. The Hall–Kier alpha value is -3.41. The van der Waals surface area contributed by atoms with E-state index in [9.17, 15) is 14.0 Å². The fourth-order valence-electron chi connectivity index (χ4n) is 4.98. The van der Waals surface area contributed by atoms with Gasteiger partial charge in [-0.3, -0.25) is 4.79 Å². The molecule has 2 aromatic rings. The lowest BCUT2D eigenvalue weighted by Gasteiger charge is -2.20. The first-order valence-electron chi connectivity index (χ1n) is 11.8. The number of para-hydroxylation sites is 1. The quantitative estimate of drug-likeness (QED) is 0.310. The lowest BCUT2D eigenvalue weighted by molar-refractivity contribution is -0.136. The van der Waals surface area contributed by atoms with Crippen molar-refractivity contribution < 1.29 is 18.7 Å². The van der Waals surface area contributed by atoms with Crippen LogP contribution in [0.5, 0.6) is 0 Å². The van der Waals surface area contributed by atoms with Gasteiger partial charge in [0.2, 0.25) is 0 Å². The Labute approximate surface area is 200 Å². The van der Waals surface area contributed by atoms with Gasteiger partial charge in [0.15, 0.2) is 0 Å². The van der Waals surface area contributed by atoms with E-state index in [-0.39, 0.29) is 11.7 Å². The predicted molar refractivity (Wildman–Crippen MR) is 131 cm³/mol. The maximum atomic E-state index is 14.5. The number of hydrogen-bond acceptors (Lipinski definition) is 3. The van der Waals surface area contributed by atoms with Crippen molar-refractivity contribution in [3.8, 4) is 5.69 Å². The van der Waals surface area contributed by atoms with Gasteiger partial charge in [0.05, 0.1) is 23.9 Å². The number of ether oxygens (including phenoxy) is 1. The standard InChI is InChI=1S/C28H31FN2O3/c1-18-16-22(19(2)31(18)25-13-9-8-12-24(25)29)17-23-26(28(33)34-4)20(3)30(27(23)32)15-14-21-10-6-5-7-11-21/h8-10,12-13,16-17H,5-7,11,14-15H2,1-4H3/b23-17-. The van der Waals surface area contributed by atoms with Gasteiger partial charge >= 0.3 is 5.97 Å². The van der Waals surface area contributed by atoms with E-state index in [4.69, 9.17) is 4.74 Å². The van der Waals surface area contributed by atoms with Gasteiger partial charge in [-0.05, 0) is 82.7 Å². The molecular formula is C28H31FN2O3. The zero-order valence-electron chi connectivity index (χ0n) is 20.3. The second-order valence-electron chi connectivity index (χ2n) is 8.94. The maximum absolute atomic E-state index is 14.5. The molecule has 0 spiro atoms. The van der Waals surface area contributed by atoms with Crippen molar-refractivity contribution in [3.63, 3.8) is 0 Å². The molecule has 34 heavy (non-hydrogen) atoms. The van der Waals surface area contributed by atoms with Gasteiger partial charge in [-0.15, -0.1) is 0 Å². The molecule has 1 aliphatic heterocycles. The molecule has 178 valence electrons. The molecule has 0 radical (unpaired) electrons. The second kappa shape index (κ2) is 9.84. The molecule has 0 atom stereocenters. The number of halogens is 1. The Morgan fingerprint density at radius 2 is 1.94 bits per heavy atom. The van der Waals surface area contributed by atoms with Crippen LogP contribution in [0, 0.1) is 19.7 Å². The molecule has 2 heterocycles. The molecule has 0 unspecified atom stereocenters. The van der Waals surface area contributed by atoms with Gasteiger partial charge in [-0.1, -0.05) is 23.8 Å². The summed E-state index contributed by atoms with van der Waals surface area (Å²) >= 11 is 0. The molecule has 5 nitrogen and oxygen atoms in total. The van der Waals surface area contributed by atoms with Crippen molar-refractivity contribution in [2.45, 2.75) is 52.9 Å². The first kappa shape index (κ1) is 23.7. The fraction of sp³-hybridized carbons (Fsp3) is 0.357. The third-order valence-electron chi connectivity index (χ3n) is 6.81. The van der Waals surface area contributed by atoms with Gasteiger partial charge in [0.1, 0.15) is 5.82 Å². The van der Waals surface area contributed by atoms with E-state index < -0.39 is 5.97 Å². The van der Waals surface area contributed by atoms with E-state index >= 15 is 0 Å². The number of esters is 1. The highest BCUT2D eigenvalue weighted by molar-refractivity contribution is 6.16. The number of nitrogens with zero attached hydrogens (tertiary/aromatic N) is 2. The SMILES string of the molecule is COC(=O)C1=C(C)N(CCC2=CCCCC2)C(=O)/C1=C\c1cc(C)n(-c2ccccc2F)c1C. The first-order valence-corrected chi connectivity index (χ1v) is 11.8. The molecule has 1 amide bonds. The Morgan fingerprint density at radius 1 is 1.18 bits per heavy atom. The summed E-state index contributed by atoms with van der Waals surface area (Å²) in [7, 11) is 1.32. The summed E-state index contributed by atoms with van der Waals surface area (Å²) in [6.45, 7) is 6.10. The zero-order chi connectivity index (χ0) is 24.4. The van der Waals surface area contributed by atoms with Crippen molar-refractivity contribution in [1.82, 2.24) is 9.47 Å². The average molecular weight is 463 g/mol. The Bertz CT molecular complexity index is 1230. The van der Waals surface area contributed by atoms with Crippen molar-refractivity contribution in [1.29, 1.82) is 0 Å². The molecule has 4 rings (SSSR count). The lowest BCUT2D eigenvalue weighted by atomic mass is 9.97. The van der Waals surface area contributed by atoms with Crippen LogP contribution in [0.25, 0.3) is 11.8 Å².